The molecule has 0 saturated heterocycles. The molecule has 2 rings (SSSR count). The van der Waals surface area contributed by atoms with Crippen LogP contribution in [0, 0.1) is 12.8 Å². The minimum absolute atomic E-state index is 0.291. The molecule has 4 nitrogen and oxygen atoms in total. The van der Waals surface area contributed by atoms with Crippen molar-refractivity contribution in [3.8, 4) is 5.88 Å². The smallest absolute Gasteiger partial charge is 0.222 e. The molecule has 0 amide bonds. The zero-order valence-corrected chi connectivity index (χ0v) is 11.6. The van der Waals surface area contributed by atoms with E-state index in [9.17, 15) is 0 Å². The molecule has 1 aliphatic rings. The monoisotopic (exact) mass is 249 g/mol. The topological polar surface area (TPSA) is 61.0 Å². The number of nitrogen functional groups attached to an aromatic ring is 1. The lowest BCUT2D eigenvalue weighted by molar-refractivity contribution is 0.129. The van der Waals surface area contributed by atoms with Crippen LogP contribution in [-0.4, -0.2) is 16.1 Å². The van der Waals surface area contributed by atoms with Crippen molar-refractivity contribution in [3.63, 3.8) is 0 Å². The van der Waals surface area contributed by atoms with Crippen LogP contribution in [0.1, 0.15) is 50.9 Å². The van der Waals surface area contributed by atoms with E-state index < -0.39 is 0 Å². The Hall–Kier alpha value is -1.32. The molecule has 1 heterocycles. The summed E-state index contributed by atoms with van der Waals surface area (Å²) in [5.41, 5.74) is 6.76. The molecule has 0 spiro atoms. The largest absolute Gasteiger partial charge is 0.474 e. The summed E-state index contributed by atoms with van der Waals surface area (Å²) in [6.45, 7) is 6.26. The first-order valence-corrected chi connectivity index (χ1v) is 6.89. The number of ether oxygens (including phenoxy) is 1. The van der Waals surface area contributed by atoms with E-state index in [4.69, 9.17) is 10.5 Å². The van der Waals surface area contributed by atoms with Gasteiger partial charge in [0.1, 0.15) is 17.7 Å². The van der Waals surface area contributed by atoms with Crippen LogP contribution in [-0.2, 0) is 6.42 Å². The Balaban J connectivity index is 2.10. The fraction of sp³-hybridized carbons (Fsp3) is 0.714. The molecule has 1 aromatic heterocycles. The molecule has 0 bridgehead atoms. The number of aromatic nitrogens is 2. The van der Waals surface area contributed by atoms with E-state index in [0.717, 1.165) is 36.6 Å². The predicted octanol–water partition coefficient (Wildman–Crippen LogP) is 2.89. The van der Waals surface area contributed by atoms with Crippen molar-refractivity contribution in [2.75, 3.05) is 5.73 Å². The lowest BCUT2D eigenvalue weighted by Gasteiger charge is -2.27. The Morgan fingerprint density at radius 2 is 1.89 bits per heavy atom. The number of hydrogen-bond donors (Lipinski definition) is 1. The van der Waals surface area contributed by atoms with Crippen molar-refractivity contribution in [1.29, 1.82) is 0 Å². The number of nitrogens with zero attached hydrogens (tertiary/aromatic N) is 2. The molecule has 4 heteroatoms. The maximum absolute atomic E-state index is 6.03. The SMILES string of the molecule is CCc1nc(N)c(C)c(OC2CCC(C)CC2)n1. The Kier molecular flexibility index (Phi) is 4.04. The van der Waals surface area contributed by atoms with Gasteiger partial charge in [0.25, 0.3) is 0 Å². The van der Waals surface area contributed by atoms with Crippen LogP contribution in [0.4, 0.5) is 5.82 Å². The van der Waals surface area contributed by atoms with Crippen molar-refractivity contribution in [2.24, 2.45) is 5.92 Å². The lowest BCUT2D eigenvalue weighted by atomic mass is 9.89. The summed E-state index contributed by atoms with van der Waals surface area (Å²) in [5, 5.41) is 0. The number of rotatable bonds is 3. The van der Waals surface area contributed by atoms with Gasteiger partial charge in [0, 0.05) is 6.42 Å². The van der Waals surface area contributed by atoms with Gasteiger partial charge in [0.05, 0.1) is 5.56 Å². The van der Waals surface area contributed by atoms with Gasteiger partial charge >= 0.3 is 0 Å². The van der Waals surface area contributed by atoms with E-state index >= 15 is 0 Å². The maximum atomic E-state index is 6.03. The van der Waals surface area contributed by atoms with Crippen LogP contribution in [0.15, 0.2) is 0 Å². The maximum Gasteiger partial charge on any atom is 0.222 e. The van der Waals surface area contributed by atoms with Crippen LogP contribution in [0.3, 0.4) is 0 Å². The number of anilines is 1. The van der Waals surface area contributed by atoms with Gasteiger partial charge in [-0.2, -0.15) is 4.98 Å². The van der Waals surface area contributed by atoms with Crippen molar-refractivity contribution in [2.45, 2.75) is 59.0 Å². The van der Waals surface area contributed by atoms with Crippen LogP contribution in [0.25, 0.3) is 0 Å². The molecule has 1 aromatic rings. The average molecular weight is 249 g/mol. The molecule has 0 atom stereocenters. The zero-order valence-electron chi connectivity index (χ0n) is 11.6. The lowest BCUT2D eigenvalue weighted by Crippen LogP contribution is -2.24. The van der Waals surface area contributed by atoms with Gasteiger partial charge in [0.2, 0.25) is 5.88 Å². The number of aryl methyl sites for hydroxylation is 1. The Morgan fingerprint density at radius 3 is 2.50 bits per heavy atom. The highest BCUT2D eigenvalue weighted by Gasteiger charge is 2.21. The van der Waals surface area contributed by atoms with Crippen molar-refractivity contribution in [3.05, 3.63) is 11.4 Å². The van der Waals surface area contributed by atoms with Crippen molar-refractivity contribution >= 4 is 5.82 Å². The summed E-state index contributed by atoms with van der Waals surface area (Å²) in [6.07, 6.45) is 5.79. The summed E-state index contributed by atoms with van der Waals surface area (Å²) in [5.74, 6) is 2.81. The Morgan fingerprint density at radius 1 is 1.22 bits per heavy atom. The zero-order chi connectivity index (χ0) is 13.1. The summed E-state index contributed by atoms with van der Waals surface area (Å²) in [7, 11) is 0. The Bertz CT molecular complexity index is 412. The first-order chi connectivity index (χ1) is 8.60. The van der Waals surface area contributed by atoms with E-state index in [2.05, 4.69) is 16.9 Å². The van der Waals surface area contributed by atoms with Crippen LogP contribution in [0.2, 0.25) is 0 Å². The summed E-state index contributed by atoms with van der Waals surface area (Å²) < 4.78 is 6.03. The molecule has 0 radical (unpaired) electrons. The molecule has 2 N–H and O–H groups in total. The second-order valence-corrected chi connectivity index (χ2v) is 5.31. The molecule has 1 saturated carbocycles. The van der Waals surface area contributed by atoms with E-state index in [1.165, 1.54) is 12.8 Å². The molecule has 0 aliphatic heterocycles. The van der Waals surface area contributed by atoms with Crippen molar-refractivity contribution < 1.29 is 4.74 Å². The normalized spacial score (nSPS) is 23.9. The minimum atomic E-state index is 0.291. The van der Waals surface area contributed by atoms with E-state index in [0.29, 0.717) is 17.8 Å². The summed E-state index contributed by atoms with van der Waals surface area (Å²) >= 11 is 0. The van der Waals surface area contributed by atoms with Crippen LogP contribution >= 0.6 is 0 Å². The predicted molar refractivity (Wildman–Crippen MR) is 72.6 cm³/mol. The second-order valence-electron chi connectivity index (χ2n) is 5.31. The van der Waals surface area contributed by atoms with Gasteiger partial charge in [-0.1, -0.05) is 13.8 Å². The quantitative estimate of drug-likeness (QED) is 0.894. The van der Waals surface area contributed by atoms with E-state index in [-0.39, 0.29) is 0 Å². The standard InChI is InChI=1S/C14H23N3O/c1-4-12-16-13(15)10(3)14(17-12)18-11-7-5-9(2)6-8-11/h9,11H,4-8H2,1-3H3,(H2,15,16,17). The van der Waals surface area contributed by atoms with Gasteiger partial charge < -0.3 is 10.5 Å². The van der Waals surface area contributed by atoms with Gasteiger partial charge in [0.15, 0.2) is 0 Å². The van der Waals surface area contributed by atoms with Gasteiger partial charge in [-0.05, 0) is 38.5 Å². The van der Waals surface area contributed by atoms with Gasteiger partial charge in [-0.25, -0.2) is 4.98 Å². The highest BCUT2D eigenvalue weighted by Crippen LogP contribution is 2.28. The van der Waals surface area contributed by atoms with E-state index in [1.807, 2.05) is 13.8 Å². The van der Waals surface area contributed by atoms with Gasteiger partial charge in [-0.15, -0.1) is 0 Å². The van der Waals surface area contributed by atoms with E-state index in [1.54, 1.807) is 0 Å². The molecule has 100 valence electrons. The summed E-state index contributed by atoms with van der Waals surface area (Å²) in [6, 6.07) is 0. The van der Waals surface area contributed by atoms with Crippen LogP contribution in [0.5, 0.6) is 5.88 Å². The van der Waals surface area contributed by atoms with Gasteiger partial charge in [-0.3, -0.25) is 0 Å². The van der Waals surface area contributed by atoms with Crippen molar-refractivity contribution in [1.82, 2.24) is 9.97 Å². The molecule has 0 unspecified atom stereocenters. The first-order valence-electron chi connectivity index (χ1n) is 6.89. The molecule has 0 aromatic carbocycles. The average Bonchev–Trinajstić information content (AvgIpc) is 2.37. The third-order valence-electron chi connectivity index (χ3n) is 3.74. The molecular formula is C14H23N3O. The highest BCUT2D eigenvalue weighted by atomic mass is 16.5. The molecule has 1 fully saturated rings. The molecule has 18 heavy (non-hydrogen) atoms. The molecule has 1 aliphatic carbocycles. The first kappa shape index (κ1) is 13.1. The van der Waals surface area contributed by atoms with Crippen LogP contribution < -0.4 is 10.5 Å². The fourth-order valence-corrected chi connectivity index (χ4v) is 2.34. The fourth-order valence-electron chi connectivity index (χ4n) is 2.34. The third kappa shape index (κ3) is 2.92. The summed E-state index contributed by atoms with van der Waals surface area (Å²) in [4.78, 5) is 8.70. The highest BCUT2D eigenvalue weighted by molar-refractivity contribution is 5.44. The minimum Gasteiger partial charge on any atom is -0.474 e. The second kappa shape index (κ2) is 5.55. The number of nitrogens with two attached hydrogens (primary N) is 1. The number of hydrogen-bond acceptors (Lipinski definition) is 4. The Labute approximate surface area is 109 Å². The third-order valence-corrected chi connectivity index (χ3v) is 3.74. The molecular weight excluding hydrogens is 226 g/mol.